The van der Waals surface area contributed by atoms with Crippen LogP contribution in [0.25, 0.3) is 0 Å². The van der Waals surface area contributed by atoms with E-state index in [1.807, 2.05) is 0 Å². The number of hydrogen-bond acceptors (Lipinski definition) is 3. The quantitative estimate of drug-likeness (QED) is 0.597. The molecule has 2 rings (SSSR count). The van der Waals surface area contributed by atoms with Crippen molar-refractivity contribution in [3.8, 4) is 0 Å². The molecule has 1 aromatic heterocycles. The lowest BCUT2D eigenvalue weighted by Gasteiger charge is -2.24. The van der Waals surface area contributed by atoms with E-state index in [0.29, 0.717) is 0 Å². The monoisotopic (exact) mass is 329 g/mol. The normalized spacial score (nSPS) is 10.5. The minimum atomic E-state index is -0.863. The highest BCUT2D eigenvalue weighted by Gasteiger charge is 2.18. The second-order valence-electron chi connectivity index (χ2n) is 4.44. The number of hydrogen-bond donors (Lipinski definition) is 0. The average molecular weight is 330 g/mol. The minimum Gasteiger partial charge on any atom is -0.320 e. The smallest absolute Gasteiger partial charge is 0.172 e. The van der Waals surface area contributed by atoms with Gasteiger partial charge in [0.1, 0.15) is 16.7 Å². The van der Waals surface area contributed by atoms with Crippen molar-refractivity contribution < 1.29 is 8.78 Å². The zero-order valence-corrected chi connectivity index (χ0v) is 12.6. The Balaban J connectivity index is 2.56. The Morgan fingerprint density at radius 2 is 1.76 bits per heavy atom. The van der Waals surface area contributed by atoms with Gasteiger partial charge in [0.2, 0.25) is 0 Å². The van der Waals surface area contributed by atoms with Crippen LogP contribution >= 0.6 is 23.2 Å². The highest BCUT2D eigenvalue weighted by molar-refractivity contribution is 6.32. The number of halogens is 4. The molecular formula is C14H11Cl2F2N3. The van der Waals surface area contributed by atoms with Gasteiger partial charge < -0.3 is 4.90 Å². The summed E-state index contributed by atoms with van der Waals surface area (Å²) in [6, 6.07) is 2.22. The lowest BCUT2D eigenvalue weighted by Crippen LogP contribution is -2.21. The molecule has 110 valence electrons. The van der Waals surface area contributed by atoms with Gasteiger partial charge >= 0.3 is 0 Å². The molecule has 0 bridgehead atoms. The van der Waals surface area contributed by atoms with Crippen LogP contribution in [0.1, 0.15) is 6.92 Å². The van der Waals surface area contributed by atoms with E-state index in [4.69, 9.17) is 23.2 Å². The Bertz CT molecular complexity index is 669. The molecule has 0 aliphatic rings. The average Bonchev–Trinajstić information content (AvgIpc) is 2.42. The van der Waals surface area contributed by atoms with Crippen molar-refractivity contribution >= 4 is 34.7 Å². The summed E-state index contributed by atoms with van der Waals surface area (Å²) in [7, 11) is 0. The molecular weight excluding hydrogens is 319 g/mol. The fourth-order valence-corrected chi connectivity index (χ4v) is 2.07. The van der Waals surface area contributed by atoms with E-state index in [1.165, 1.54) is 17.3 Å². The molecule has 0 amide bonds. The lowest BCUT2D eigenvalue weighted by molar-refractivity contribution is 0.584. The summed E-state index contributed by atoms with van der Waals surface area (Å²) in [5.74, 6) is -1.44. The molecule has 0 atom stereocenters. The van der Waals surface area contributed by atoms with Gasteiger partial charge in [-0.15, -0.1) is 0 Å². The summed E-state index contributed by atoms with van der Waals surface area (Å²) in [6.07, 6.45) is 2.86. The Hall–Kier alpha value is -1.72. The van der Waals surface area contributed by atoms with Gasteiger partial charge in [-0.25, -0.2) is 18.7 Å². The van der Waals surface area contributed by atoms with Crippen molar-refractivity contribution in [2.45, 2.75) is 6.92 Å². The van der Waals surface area contributed by atoms with Crippen LogP contribution in [-0.2, 0) is 0 Å². The first-order chi connectivity index (χ1) is 9.90. The molecule has 1 heterocycles. The van der Waals surface area contributed by atoms with E-state index >= 15 is 0 Å². The zero-order valence-electron chi connectivity index (χ0n) is 11.1. The topological polar surface area (TPSA) is 29.0 Å². The summed E-state index contributed by atoms with van der Waals surface area (Å²) in [5.41, 5.74) is 0.979. The number of nitrogens with zero attached hydrogens (tertiary/aromatic N) is 3. The molecule has 0 aliphatic carbocycles. The molecule has 0 spiro atoms. The van der Waals surface area contributed by atoms with Crippen LogP contribution in [0.3, 0.4) is 0 Å². The molecule has 0 radical (unpaired) electrons. The summed E-state index contributed by atoms with van der Waals surface area (Å²) in [5, 5.41) is -0.436. The van der Waals surface area contributed by atoms with E-state index < -0.39 is 16.7 Å². The van der Waals surface area contributed by atoms with Crippen molar-refractivity contribution in [2.75, 3.05) is 11.4 Å². The fraction of sp³-hybridized carbons (Fsp3) is 0.143. The maximum absolute atomic E-state index is 13.7. The highest BCUT2D eigenvalue weighted by Crippen LogP contribution is 2.32. The van der Waals surface area contributed by atoms with E-state index in [-0.39, 0.29) is 23.2 Å². The first kappa shape index (κ1) is 15.7. The Morgan fingerprint density at radius 3 is 2.29 bits per heavy atom. The first-order valence-electron chi connectivity index (χ1n) is 5.93. The van der Waals surface area contributed by atoms with E-state index in [0.717, 1.165) is 17.7 Å². The molecule has 21 heavy (non-hydrogen) atoms. The van der Waals surface area contributed by atoms with Crippen LogP contribution in [0.2, 0.25) is 10.2 Å². The van der Waals surface area contributed by atoms with Crippen LogP contribution in [0.15, 0.2) is 36.7 Å². The van der Waals surface area contributed by atoms with Crippen molar-refractivity contribution in [1.29, 1.82) is 0 Å². The van der Waals surface area contributed by atoms with Crippen LogP contribution in [-0.4, -0.2) is 16.5 Å². The first-order valence-corrected chi connectivity index (χ1v) is 6.68. The molecule has 0 unspecified atom stereocenters. The maximum atomic E-state index is 13.7. The van der Waals surface area contributed by atoms with Crippen molar-refractivity contribution in [3.63, 3.8) is 0 Å². The van der Waals surface area contributed by atoms with Crippen LogP contribution in [0.5, 0.6) is 0 Å². The van der Waals surface area contributed by atoms with Gasteiger partial charge in [-0.3, -0.25) is 0 Å². The van der Waals surface area contributed by atoms with Crippen molar-refractivity contribution in [2.24, 2.45) is 0 Å². The van der Waals surface area contributed by atoms with Gasteiger partial charge in [-0.1, -0.05) is 35.4 Å². The van der Waals surface area contributed by atoms with Crippen LogP contribution in [0.4, 0.5) is 20.3 Å². The van der Waals surface area contributed by atoms with Gasteiger partial charge in [0.05, 0.1) is 0 Å². The van der Waals surface area contributed by atoms with Gasteiger partial charge in [-0.2, -0.15) is 0 Å². The summed E-state index contributed by atoms with van der Waals surface area (Å²) >= 11 is 11.5. The van der Waals surface area contributed by atoms with Gasteiger partial charge in [0.25, 0.3) is 0 Å². The lowest BCUT2D eigenvalue weighted by atomic mass is 10.2. The SMILES string of the molecule is C=C(C)CN(c1cc(F)c(Cl)c(F)c1)c1nccnc1Cl. The molecule has 3 nitrogen and oxygen atoms in total. The summed E-state index contributed by atoms with van der Waals surface area (Å²) in [6.45, 7) is 5.85. The predicted molar refractivity (Wildman–Crippen MR) is 80.2 cm³/mol. The molecule has 2 aromatic rings. The zero-order chi connectivity index (χ0) is 15.6. The van der Waals surface area contributed by atoms with Gasteiger partial charge in [-0.05, 0) is 19.1 Å². The molecule has 0 saturated heterocycles. The largest absolute Gasteiger partial charge is 0.320 e. The van der Waals surface area contributed by atoms with E-state index in [1.54, 1.807) is 6.92 Å². The number of rotatable bonds is 4. The second kappa shape index (κ2) is 6.37. The minimum absolute atomic E-state index is 0.120. The summed E-state index contributed by atoms with van der Waals surface area (Å²) < 4.78 is 27.3. The highest BCUT2D eigenvalue weighted by atomic mass is 35.5. The van der Waals surface area contributed by atoms with Crippen molar-refractivity contribution in [1.82, 2.24) is 9.97 Å². The Labute approximate surface area is 130 Å². The van der Waals surface area contributed by atoms with Crippen molar-refractivity contribution in [3.05, 3.63) is 58.5 Å². The number of anilines is 2. The standard InChI is InChI=1S/C14H11Cl2F2N3/c1-8(2)7-21(14-13(16)19-3-4-20-14)9-5-10(17)12(15)11(18)6-9/h3-6H,1,7H2,2H3. The Morgan fingerprint density at radius 1 is 1.19 bits per heavy atom. The molecule has 7 heteroatoms. The molecule has 0 aliphatic heterocycles. The Kier molecular flexibility index (Phi) is 4.75. The molecule has 0 fully saturated rings. The number of benzene rings is 1. The van der Waals surface area contributed by atoms with Gasteiger partial charge in [0.15, 0.2) is 11.0 Å². The van der Waals surface area contributed by atoms with Crippen LogP contribution < -0.4 is 4.90 Å². The van der Waals surface area contributed by atoms with E-state index in [9.17, 15) is 8.78 Å². The molecule has 0 saturated carbocycles. The van der Waals surface area contributed by atoms with Crippen LogP contribution in [0, 0.1) is 11.6 Å². The maximum Gasteiger partial charge on any atom is 0.172 e. The third kappa shape index (κ3) is 3.49. The van der Waals surface area contributed by atoms with E-state index in [2.05, 4.69) is 16.5 Å². The number of aromatic nitrogens is 2. The predicted octanol–water partition coefficient (Wildman–Crippen LogP) is 4.78. The fourth-order valence-electron chi connectivity index (χ4n) is 1.75. The summed E-state index contributed by atoms with van der Waals surface area (Å²) in [4.78, 5) is 9.53. The molecule has 1 aromatic carbocycles. The second-order valence-corrected chi connectivity index (χ2v) is 5.17. The third-order valence-electron chi connectivity index (χ3n) is 2.60. The van der Waals surface area contributed by atoms with Gasteiger partial charge in [0, 0.05) is 24.6 Å². The third-order valence-corrected chi connectivity index (χ3v) is 3.23. The molecule has 0 N–H and O–H groups in total.